The maximum absolute atomic E-state index is 14.3. The van der Waals surface area contributed by atoms with Crippen LogP contribution in [0, 0.1) is 0 Å². The monoisotopic (exact) mass is 375 g/mol. The molecule has 0 atom stereocenters. The summed E-state index contributed by atoms with van der Waals surface area (Å²) in [4.78, 5) is -1.05. The van der Waals surface area contributed by atoms with Crippen LogP contribution in [0.5, 0.6) is 11.5 Å². The van der Waals surface area contributed by atoms with Gasteiger partial charge < -0.3 is 9.47 Å². The average Bonchev–Trinajstić information content (AvgIpc) is 2.61. The molecular formula is C14H14FNO6S2. The summed E-state index contributed by atoms with van der Waals surface area (Å²) in [7, 11) is -7.04. The Morgan fingerprint density at radius 2 is 1.00 bits per heavy atom. The van der Waals surface area contributed by atoms with Gasteiger partial charge in [0.15, 0.2) is 0 Å². The van der Waals surface area contributed by atoms with E-state index in [4.69, 9.17) is 9.47 Å². The van der Waals surface area contributed by atoms with E-state index in [1.165, 1.54) is 38.5 Å². The molecule has 0 bridgehead atoms. The molecule has 130 valence electrons. The number of sulfonamides is 2. The smallest absolute Gasteiger partial charge is 0.283 e. The minimum atomic E-state index is -4.89. The fourth-order valence-corrected chi connectivity index (χ4v) is 4.63. The first-order chi connectivity index (χ1) is 11.2. The molecule has 0 amide bonds. The van der Waals surface area contributed by atoms with E-state index in [9.17, 15) is 21.3 Å². The molecule has 24 heavy (non-hydrogen) atoms. The topological polar surface area (TPSA) is 90.0 Å². The average molecular weight is 375 g/mol. The SMILES string of the molecule is COc1ccc(S(=O)(=O)N(F)S(=O)(=O)c2ccc(OC)cc2)cc1. The molecule has 0 saturated heterocycles. The van der Waals surface area contributed by atoms with Crippen LogP contribution in [-0.2, 0) is 20.0 Å². The predicted octanol–water partition coefficient (Wildman–Crippen LogP) is 1.97. The van der Waals surface area contributed by atoms with Gasteiger partial charge in [-0.25, -0.2) is 16.8 Å². The summed E-state index contributed by atoms with van der Waals surface area (Å²) in [5.74, 6) is 0.690. The summed E-state index contributed by atoms with van der Waals surface area (Å²) in [6.45, 7) is 0. The zero-order chi connectivity index (χ0) is 18.0. The highest BCUT2D eigenvalue weighted by Gasteiger charge is 2.37. The Kier molecular flexibility index (Phi) is 5.11. The van der Waals surface area contributed by atoms with E-state index in [0.717, 1.165) is 24.3 Å². The Hall–Kier alpha value is -2.17. The summed E-state index contributed by atoms with van der Waals surface area (Å²) in [5.41, 5.74) is 0. The number of hydrogen-bond donors (Lipinski definition) is 0. The summed E-state index contributed by atoms with van der Waals surface area (Å²) in [6, 6.07) is 9.30. The van der Waals surface area contributed by atoms with Gasteiger partial charge in [0.05, 0.1) is 27.9 Å². The zero-order valence-electron chi connectivity index (χ0n) is 12.7. The van der Waals surface area contributed by atoms with Crippen LogP contribution in [0.4, 0.5) is 4.48 Å². The standard InChI is InChI=1S/C14H14FNO6S2/c1-21-11-3-7-13(8-4-11)23(17,18)16(15)24(19,20)14-9-5-12(22-2)6-10-14/h3-10H,1-2H3. The number of halogens is 1. The van der Waals surface area contributed by atoms with Crippen molar-refractivity contribution in [3.63, 3.8) is 0 Å². The van der Waals surface area contributed by atoms with Gasteiger partial charge in [0, 0.05) is 0 Å². The lowest BCUT2D eigenvalue weighted by atomic mass is 10.3. The van der Waals surface area contributed by atoms with Crippen LogP contribution < -0.4 is 9.47 Å². The molecule has 0 aliphatic rings. The lowest BCUT2D eigenvalue weighted by molar-refractivity contribution is 0.250. The molecule has 0 aliphatic heterocycles. The van der Waals surface area contributed by atoms with Gasteiger partial charge in [0.2, 0.25) is 0 Å². The van der Waals surface area contributed by atoms with E-state index >= 15 is 0 Å². The van der Waals surface area contributed by atoms with E-state index in [1.807, 2.05) is 0 Å². The lowest BCUT2D eigenvalue weighted by Crippen LogP contribution is -2.29. The van der Waals surface area contributed by atoms with Crippen LogP contribution in [0.25, 0.3) is 0 Å². The van der Waals surface area contributed by atoms with Gasteiger partial charge in [-0.3, -0.25) is 0 Å². The number of benzene rings is 2. The second-order valence-electron chi connectivity index (χ2n) is 4.51. The molecule has 7 nitrogen and oxygen atoms in total. The molecular weight excluding hydrogens is 361 g/mol. The third kappa shape index (κ3) is 3.35. The molecule has 0 radical (unpaired) electrons. The van der Waals surface area contributed by atoms with Crippen molar-refractivity contribution in [1.29, 1.82) is 0 Å². The first-order valence-corrected chi connectivity index (χ1v) is 9.36. The molecule has 10 heteroatoms. The number of rotatable bonds is 6. The maximum Gasteiger partial charge on any atom is 0.283 e. The second-order valence-corrected chi connectivity index (χ2v) is 8.23. The van der Waals surface area contributed by atoms with Gasteiger partial charge in [0.25, 0.3) is 20.0 Å². The maximum atomic E-state index is 14.3. The van der Waals surface area contributed by atoms with Gasteiger partial charge in [-0.05, 0) is 48.5 Å². The third-order valence-corrected chi connectivity index (χ3v) is 6.76. The van der Waals surface area contributed by atoms with Crippen molar-refractivity contribution in [2.75, 3.05) is 14.2 Å². The fourth-order valence-electron chi connectivity index (χ4n) is 1.79. The third-order valence-electron chi connectivity index (χ3n) is 3.09. The van der Waals surface area contributed by atoms with Crippen LogP contribution in [-0.4, -0.2) is 35.0 Å². The van der Waals surface area contributed by atoms with Gasteiger partial charge in [0.1, 0.15) is 11.5 Å². The zero-order valence-corrected chi connectivity index (χ0v) is 14.3. The van der Waals surface area contributed by atoms with E-state index in [1.54, 1.807) is 0 Å². The first kappa shape index (κ1) is 18.2. The Morgan fingerprint density at radius 1 is 0.708 bits per heavy atom. The molecule has 0 aliphatic carbocycles. The molecule has 0 spiro atoms. The molecule has 0 fully saturated rings. The molecule has 0 unspecified atom stereocenters. The summed E-state index contributed by atoms with van der Waals surface area (Å²) in [5, 5.41) is 0. The van der Waals surface area contributed by atoms with Gasteiger partial charge in [-0.1, -0.05) is 0 Å². The van der Waals surface area contributed by atoms with E-state index in [0.29, 0.717) is 11.5 Å². The molecule has 0 N–H and O–H groups in total. The van der Waals surface area contributed by atoms with Crippen LogP contribution in [0.3, 0.4) is 0 Å². The molecule has 0 saturated carbocycles. The number of hydrogen-bond acceptors (Lipinski definition) is 6. The molecule has 0 heterocycles. The summed E-state index contributed by atoms with van der Waals surface area (Å²) >= 11 is 0. The highest BCUT2D eigenvalue weighted by atomic mass is 32.3. The predicted molar refractivity (Wildman–Crippen MR) is 83.3 cm³/mol. The van der Waals surface area contributed by atoms with Crippen molar-refractivity contribution in [2.24, 2.45) is 0 Å². The van der Waals surface area contributed by atoms with Crippen molar-refractivity contribution in [3.05, 3.63) is 48.5 Å². The van der Waals surface area contributed by atoms with Gasteiger partial charge >= 0.3 is 0 Å². The number of nitrogens with zero attached hydrogens (tertiary/aromatic N) is 1. The normalized spacial score (nSPS) is 12.2. The van der Waals surface area contributed by atoms with Gasteiger partial charge in [-0.2, -0.15) is 0 Å². The highest BCUT2D eigenvalue weighted by Crippen LogP contribution is 2.27. The Labute approximate surface area is 139 Å². The first-order valence-electron chi connectivity index (χ1n) is 6.48. The molecule has 2 rings (SSSR count). The van der Waals surface area contributed by atoms with E-state index < -0.39 is 33.8 Å². The minimum absolute atomic E-state index is 0.345. The van der Waals surface area contributed by atoms with Gasteiger partial charge in [-0.15, -0.1) is 4.48 Å². The van der Waals surface area contributed by atoms with Crippen LogP contribution in [0.15, 0.2) is 58.3 Å². The largest absolute Gasteiger partial charge is 0.497 e. The Bertz CT molecular complexity index is 831. The Balaban J connectivity index is 2.41. The van der Waals surface area contributed by atoms with Crippen molar-refractivity contribution in [3.8, 4) is 11.5 Å². The quantitative estimate of drug-likeness (QED) is 0.717. The van der Waals surface area contributed by atoms with E-state index in [2.05, 4.69) is 0 Å². The number of methoxy groups -OCH3 is 2. The fraction of sp³-hybridized carbons (Fsp3) is 0.143. The Morgan fingerprint density at radius 3 is 1.25 bits per heavy atom. The van der Waals surface area contributed by atoms with E-state index in [-0.39, 0.29) is 0 Å². The summed E-state index contributed by atoms with van der Waals surface area (Å²) in [6.07, 6.45) is 0. The number of ether oxygens (including phenoxy) is 2. The summed E-state index contributed by atoms with van der Waals surface area (Å²) < 4.78 is 71.6. The molecule has 0 aromatic heterocycles. The lowest BCUT2D eigenvalue weighted by Gasteiger charge is -2.13. The molecule has 2 aromatic rings. The minimum Gasteiger partial charge on any atom is -0.497 e. The second kappa shape index (κ2) is 6.75. The van der Waals surface area contributed by atoms with Crippen molar-refractivity contribution in [1.82, 2.24) is 3.93 Å². The highest BCUT2D eigenvalue weighted by molar-refractivity contribution is 8.03. The van der Waals surface area contributed by atoms with Crippen LogP contribution >= 0.6 is 0 Å². The van der Waals surface area contributed by atoms with Crippen molar-refractivity contribution < 1.29 is 30.8 Å². The van der Waals surface area contributed by atoms with Crippen molar-refractivity contribution in [2.45, 2.75) is 9.79 Å². The van der Waals surface area contributed by atoms with Crippen LogP contribution in [0.1, 0.15) is 0 Å². The van der Waals surface area contributed by atoms with Crippen molar-refractivity contribution >= 4 is 20.0 Å². The van der Waals surface area contributed by atoms with Crippen LogP contribution in [0.2, 0.25) is 0 Å². The molecule has 2 aromatic carbocycles.